The van der Waals surface area contributed by atoms with Crippen molar-refractivity contribution >= 4 is 46.6 Å². The Morgan fingerprint density at radius 1 is 0.929 bits per heavy atom. The summed E-state index contributed by atoms with van der Waals surface area (Å²) < 4.78 is -0.339. The number of halogens is 2. The van der Waals surface area contributed by atoms with E-state index in [4.69, 9.17) is 23.2 Å². The van der Waals surface area contributed by atoms with Crippen molar-refractivity contribution in [3.05, 3.63) is 94.5 Å². The minimum atomic E-state index is -0.339. The van der Waals surface area contributed by atoms with Gasteiger partial charge in [0.05, 0.1) is 10.8 Å². The second-order valence-electron chi connectivity index (χ2n) is 7.10. The van der Waals surface area contributed by atoms with Crippen LogP contribution in [0, 0.1) is 0 Å². The van der Waals surface area contributed by atoms with Crippen molar-refractivity contribution in [1.82, 2.24) is 0 Å². The van der Waals surface area contributed by atoms with E-state index >= 15 is 0 Å². The maximum atomic E-state index is 13.2. The summed E-state index contributed by atoms with van der Waals surface area (Å²) in [6.45, 7) is 2.16. The predicted octanol–water partition coefficient (Wildman–Crippen LogP) is 7.02. The highest BCUT2D eigenvalue weighted by atomic mass is 35.5. The van der Waals surface area contributed by atoms with Crippen LogP contribution in [-0.4, -0.2) is 10.7 Å². The minimum Gasteiger partial charge on any atom is -0.303 e. The molecule has 3 aromatic rings. The minimum absolute atomic E-state index is 0.0909. The molecule has 4 rings (SSSR count). The van der Waals surface area contributed by atoms with Crippen molar-refractivity contribution < 1.29 is 4.79 Å². The number of carbonyl (C=O) groups is 1. The van der Waals surface area contributed by atoms with Gasteiger partial charge in [0.2, 0.25) is 5.91 Å². The number of anilines is 1. The smallest absolute Gasteiger partial charge is 0.229 e. The van der Waals surface area contributed by atoms with Gasteiger partial charge in [0, 0.05) is 27.0 Å². The molecule has 0 spiro atoms. The van der Waals surface area contributed by atoms with Crippen LogP contribution in [0.3, 0.4) is 0 Å². The molecule has 5 heteroatoms. The van der Waals surface area contributed by atoms with E-state index < -0.39 is 0 Å². The summed E-state index contributed by atoms with van der Waals surface area (Å²) in [5, 5.41) is 1.30. The van der Waals surface area contributed by atoms with Crippen LogP contribution in [0.15, 0.2) is 83.8 Å². The molecular formula is C23H19Cl2NOS. The molecule has 1 aliphatic heterocycles. The van der Waals surface area contributed by atoms with E-state index in [1.807, 2.05) is 71.6 Å². The van der Waals surface area contributed by atoms with Gasteiger partial charge in [-0.2, -0.15) is 0 Å². The van der Waals surface area contributed by atoms with Gasteiger partial charge in [-0.15, -0.1) is 11.8 Å². The lowest BCUT2D eigenvalue weighted by Crippen LogP contribution is -2.33. The highest BCUT2D eigenvalue weighted by Gasteiger charge is 2.50. The molecule has 1 saturated heterocycles. The van der Waals surface area contributed by atoms with Crippen LogP contribution in [-0.2, 0) is 4.79 Å². The molecule has 0 saturated carbocycles. The molecule has 0 aromatic heterocycles. The summed E-state index contributed by atoms with van der Waals surface area (Å²) in [7, 11) is 0. The van der Waals surface area contributed by atoms with E-state index in [9.17, 15) is 4.79 Å². The first-order valence-corrected chi connectivity index (χ1v) is 10.6. The first-order chi connectivity index (χ1) is 13.5. The second kappa shape index (κ2) is 7.82. The van der Waals surface area contributed by atoms with Crippen LogP contribution in [0.4, 0.5) is 5.69 Å². The lowest BCUT2D eigenvalue weighted by molar-refractivity contribution is -0.117. The Kier molecular flexibility index (Phi) is 5.42. The van der Waals surface area contributed by atoms with E-state index in [0.717, 1.165) is 16.1 Å². The van der Waals surface area contributed by atoms with E-state index in [2.05, 4.69) is 19.1 Å². The van der Waals surface area contributed by atoms with Crippen LogP contribution in [0.1, 0.15) is 24.9 Å². The molecule has 142 valence electrons. The van der Waals surface area contributed by atoms with Gasteiger partial charge in [0.25, 0.3) is 0 Å². The van der Waals surface area contributed by atoms with Crippen molar-refractivity contribution in [3.8, 4) is 0 Å². The molecule has 1 heterocycles. The topological polar surface area (TPSA) is 20.3 Å². The molecule has 0 aliphatic carbocycles. The molecule has 0 N–H and O–H groups in total. The lowest BCUT2D eigenvalue weighted by atomic mass is 9.94. The van der Waals surface area contributed by atoms with Gasteiger partial charge >= 0.3 is 0 Å². The maximum absolute atomic E-state index is 13.2. The largest absolute Gasteiger partial charge is 0.303 e. The van der Waals surface area contributed by atoms with Crippen LogP contribution in [0.5, 0.6) is 0 Å². The Labute approximate surface area is 179 Å². The summed E-state index contributed by atoms with van der Waals surface area (Å²) in [6, 6.07) is 25.3. The maximum Gasteiger partial charge on any atom is 0.229 e. The van der Waals surface area contributed by atoms with Gasteiger partial charge in [-0.1, -0.05) is 59.6 Å². The highest BCUT2D eigenvalue weighted by Crippen LogP contribution is 2.53. The van der Waals surface area contributed by atoms with Crippen molar-refractivity contribution in [2.45, 2.75) is 29.0 Å². The zero-order valence-corrected chi connectivity index (χ0v) is 17.6. The summed E-state index contributed by atoms with van der Waals surface area (Å²) in [5.41, 5.74) is 1.87. The summed E-state index contributed by atoms with van der Waals surface area (Å²) in [5.74, 6) is 0.0909. The van der Waals surface area contributed by atoms with Crippen molar-refractivity contribution in [2.75, 3.05) is 4.90 Å². The average molecular weight is 428 g/mol. The van der Waals surface area contributed by atoms with E-state index in [1.165, 1.54) is 0 Å². The number of hydrogen-bond donors (Lipinski definition) is 0. The number of carbonyl (C=O) groups excluding carboxylic acids is 1. The number of rotatable bonds is 4. The summed E-state index contributed by atoms with van der Waals surface area (Å²) in [4.78, 5) is 16.2. The van der Waals surface area contributed by atoms with Crippen LogP contribution in [0.2, 0.25) is 10.0 Å². The number of amides is 1. The third-order valence-electron chi connectivity index (χ3n) is 4.97. The monoisotopic (exact) mass is 427 g/mol. The van der Waals surface area contributed by atoms with Crippen molar-refractivity contribution in [1.29, 1.82) is 0 Å². The Hall–Kier alpha value is -1.94. The first-order valence-electron chi connectivity index (χ1n) is 9.03. The SMILES string of the molecule is CC1(Sc2ccccc2)CC(=O)N(c2cccc(Cl)c2)C1c1ccc(Cl)cc1. The molecule has 1 amide bonds. The Morgan fingerprint density at radius 3 is 2.32 bits per heavy atom. The van der Waals surface area contributed by atoms with Gasteiger partial charge < -0.3 is 4.90 Å². The molecule has 0 bridgehead atoms. The van der Waals surface area contributed by atoms with E-state index in [1.54, 1.807) is 11.8 Å². The summed E-state index contributed by atoms with van der Waals surface area (Å²) >= 11 is 14.1. The standard InChI is InChI=1S/C23H19Cl2NOS/c1-23(28-20-8-3-2-4-9-20)15-21(27)26(19-7-5-6-18(25)14-19)22(23)16-10-12-17(24)13-11-16/h2-14,22H,15H2,1H3. The Balaban J connectivity index is 1.81. The Morgan fingerprint density at radius 2 is 1.64 bits per heavy atom. The summed E-state index contributed by atoms with van der Waals surface area (Å²) in [6.07, 6.45) is 0.437. The number of nitrogens with zero attached hydrogens (tertiary/aromatic N) is 1. The average Bonchev–Trinajstić information content (AvgIpc) is 2.93. The fourth-order valence-electron chi connectivity index (χ4n) is 3.81. The third-order valence-corrected chi connectivity index (χ3v) is 6.80. The van der Waals surface area contributed by atoms with Crippen LogP contribution < -0.4 is 4.90 Å². The van der Waals surface area contributed by atoms with Crippen molar-refractivity contribution in [2.24, 2.45) is 0 Å². The van der Waals surface area contributed by atoms with Gasteiger partial charge in [-0.25, -0.2) is 0 Å². The fourth-order valence-corrected chi connectivity index (χ4v) is 5.51. The van der Waals surface area contributed by atoms with Crippen molar-refractivity contribution in [3.63, 3.8) is 0 Å². The van der Waals surface area contributed by atoms with Gasteiger partial charge in [0.1, 0.15) is 0 Å². The normalized spacial score (nSPS) is 21.9. The quantitative estimate of drug-likeness (QED) is 0.445. The number of benzene rings is 3. The van der Waals surface area contributed by atoms with E-state index in [-0.39, 0.29) is 16.7 Å². The number of hydrogen-bond acceptors (Lipinski definition) is 2. The molecule has 2 unspecified atom stereocenters. The molecular weight excluding hydrogens is 409 g/mol. The molecule has 28 heavy (non-hydrogen) atoms. The first kappa shape index (κ1) is 19.4. The second-order valence-corrected chi connectivity index (χ2v) is 9.58. The Bertz CT molecular complexity index is 993. The molecule has 1 aliphatic rings. The zero-order valence-electron chi connectivity index (χ0n) is 15.3. The molecule has 3 aromatic carbocycles. The van der Waals surface area contributed by atoms with Crippen LogP contribution in [0.25, 0.3) is 0 Å². The van der Waals surface area contributed by atoms with Gasteiger partial charge in [-0.05, 0) is 55.0 Å². The third kappa shape index (κ3) is 3.80. The molecule has 2 atom stereocenters. The van der Waals surface area contributed by atoms with Gasteiger partial charge in [-0.3, -0.25) is 4.79 Å². The number of thioether (sulfide) groups is 1. The highest BCUT2D eigenvalue weighted by molar-refractivity contribution is 8.00. The van der Waals surface area contributed by atoms with E-state index in [0.29, 0.717) is 16.5 Å². The predicted molar refractivity (Wildman–Crippen MR) is 118 cm³/mol. The fraction of sp³-hybridized carbons (Fsp3) is 0.174. The molecule has 1 fully saturated rings. The zero-order chi connectivity index (χ0) is 19.7. The van der Waals surface area contributed by atoms with Gasteiger partial charge in [0.15, 0.2) is 0 Å². The molecule has 0 radical (unpaired) electrons. The lowest BCUT2D eigenvalue weighted by Gasteiger charge is -2.35. The van der Waals surface area contributed by atoms with Crippen LogP contribution >= 0.6 is 35.0 Å². The molecule has 2 nitrogen and oxygen atoms in total.